The number of nitrogens with one attached hydrogen (secondary N) is 1. The first-order valence-corrected chi connectivity index (χ1v) is 8.19. The zero-order valence-corrected chi connectivity index (χ0v) is 13.9. The van der Waals surface area contributed by atoms with E-state index in [2.05, 4.69) is 18.5 Å². The van der Waals surface area contributed by atoms with Gasteiger partial charge in [0, 0.05) is 19.5 Å². The molecule has 11 heteroatoms. The third-order valence-corrected chi connectivity index (χ3v) is 3.47. The second-order valence-corrected chi connectivity index (χ2v) is 6.07. The molecule has 0 aromatic rings. The fraction of sp³-hybridized carbons (Fsp3) is 0.692. The topological polar surface area (TPSA) is 66.4 Å². The van der Waals surface area contributed by atoms with Crippen molar-refractivity contribution in [2.75, 3.05) is 13.1 Å². The van der Waals surface area contributed by atoms with E-state index in [4.69, 9.17) is 4.55 Å². The van der Waals surface area contributed by atoms with Crippen LogP contribution < -0.4 is 5.32 Å². The number of alkyl halides is 6. The van der Waals surface area contributed by atoms with Gasteiger partial charge in [-0.2, -0.15) is 34.8 Å². The number of halogens is 6. The molecular formula is C13H21F6NO3S. The Bertz CT molecular complexity index is 486. The predicted octanol–water partition coefficient (Wildman–Crippen LogP) is 3.88. The van der Waals surface area contributed by atoms with Crippen LogP contribution in [0.5, 0.6) is 0 Å². The highest BCUT2D eigenvalue weighted by molar-refractivity contribution is 7.87. The van der Waals surface area contributed by atoms with Gasteiger partial charge < -0.3 is 5.32 Å². The van der Waals surface area contributed by atoms with Crippen LogP contribution in [-0.2, 0) is 10.1 Å². The Morgan fingerprint density at radius 1 is 1.04 bits per heavy atom. The standard InChI is InChI=1S/C7H10F6O3S.C6H11N/c1-2-3-4-5(8,9)6(10,11)7(12,13)17(14,15)16;1-3-5-7-6-4-2/h2-4H2,1H3,(H,14,15,16);3-4,7H,1-2,5-6H2. The van der Waals surface area contributed by atoms with Gasteiger partial charge in [-0.05, 0) is 6.42 Å². The molecule has 0 amide bonds. The van der Waals surface area contributed by atoms with E-state index in [1.165, 1.54) is 6.92 Å². The van der Waals surface area contributed by atoms with E-state index in [0.717, 1.165) is 13.1 Å². The fourth-order valence-electron chi connectivity index (χ4n) is 1.22. The summed E-state index contributed by atoms with van der Waals surface area (Å²) >= 11 is 0. The minimum absolute atomic E-state index is 0.0309. The van der Waals surface area contributed by atoms with Gasteiger partial charge in [0.1, 0.15) is 0 Å². The van der Waals surface area contributed by atoms with Crippen LogP contribution in [0.1, 0.15) is 26.2 Å². The van der Waals surface area contributed by atoms with Gasteiger partial charge in [0.25, 0.3) is 0 Å². The minimum Gasteiger partial charge on any atom is -0.310 e. The molecule has 0 bridgehead atoms. The average Bonchev–Trinajstić information content (AvgIpc) is 2.45. The lowest BCUT2D eigenvalue weighted by atomic mass is 10.1. The molecule has 0 spiro atoms. The van der Waals surface area contributed by atoms with E-state index in [-0.39, 0.29) is 6.42 Å². The summed E-state index contributed by atoms with van der Waals surface area (Å²) in [6, 6.07) is 0. The highest BCUT2D eigenvalue weighted by atomic mass is 32.2. The molecule has 0 radical (unpaired) electrons. The van der Waals surface area contributed by atoms with Crippen LogP contribution in [-0.4, -0.2) is 43.2 Å². The SMILES string of the molecule is C=CCNCC=C.CCCCC(F)(F)C(F)(F)C(F)(F)S(=O)(=O)O. The van der Waals surface area contributed by atoms with E-state index in [1.807, 2.05) is 12.2 Å². The maximum Gasteiger partial charge on any atom is 0.437 e. The Morgan fingerprint density at radius 2 is 1.46 bits per heavy atom. The number of rotatable bonds is 10. The van der Waals surface area contributed by atoms with E-state index in [0.29, 0.717) is 0 Å². The number of unbranched alkanes of at least 4 members (excludes halogenated alkanes) is 1. The first kappa shape index (κ1) is 25.2. The second kappa shape index (κ2) is 10.0. The van der Waals surface area contributed by atoms with Gasteiger partial charge in [-0.3, -0.25) is 4.55 Å². The van der Waals surface area contributed by atoms with E-state index >= 15 is 0 Å². The highest BCUT2D eigenvalue weighted by Gasteiger charge is 2.76. The summed E-state index contributed by atoms with van der Waals surface area (Å²) in [6.07, 6.45) is 1.57. The van der Waals surface area contributed by atoms with E-state index in [1.54, 1.807) is 0 Å². The van der Waals surface area contributed by atoms with Crippen molar-refractivity contribution in [3.63, 3.8) is 0 Å². The summed E-state index contributed by atoms with van der Waals surface area (Å²) in [5, 5.41) is -3.19. The average molecular weight is 385 g/mol. The Labute approximate surface area is 137 Å². The summed E-state index contributed by atoms with van der Waals surface area (Å²) in [6.45, 7) is 10.2. The van der Waals surface area contributed by atoms with Gasteiger partial charge in [-0.15, -0.1) is 13.2 Å². The molecular weight excluding hydrogens is 364 g/mol. The number of hydrogen-bond acceptors (Lipinski definition) is 3. The molecule has 0 aliphatic carbocycles. The quantitative estimate of drug-likeness (QED) is 0.259. The fourth-order valence-corrected chi connectivity index (χ4v) is 1.69. The zero-order chi connectivity index (χ0) is 19.7. The smallest absolute Gasteiger partial charge is 0.310 e. The van der Waals surface area contributed by atoms with E-state index < -0.39 is 40.1 Å². The molecule has 24 heavy (non-hydrogen) atoms. The van der Waals surface area contributed by atoms with Crippen LogP contribution in [0.15, 0.2) is 25.3 Å². The number of hydrogen-bond donors (Lipinski definition) is 2. The molecule has 0 aromatic heterocycles. The molecule has 0 saturated carbocycles. The second-order valence-electron chi connectivity index (χ2n) is 4.61. The van der Waals surface area contributed by atoms with Crippen molar-refractivity contribution >= 4 is 10.1 Å². The molecule has 2 N–H and O–H groups in total. The molecule has 0 heterocycles. The van der Waals surface area contributed by atoms with Gasteiger partial charge >= 0.3 is 27.2 Å². The van der Waals surface area contributed by atoms with Crippen LogP contribution >= 0.6 is 0 Å². The highest BCUT2D eigenvalue weighted by Crippen LogP contribution is 2.49. The normalized spacial score (nSPS) is 13.0. The molecule has 0 fully saturated rings. The first-order valence-electron chi connectivity index (χ1n) is 6.75. The van der Waals surface area contributed by atoms with Crippen LogP contribution in [0, 0.1) is 0 Å². The van der Waals surface area contributed by atoms with Crippen molar-refractivity contribution < 1.29 is 39.3 Å². The minimum atomic E-state index is -6.63. The van der Waals surface area contributed by atoms with Crippen LogP contribution in [0.4, 0.5) is 26.3 Å². The lowest BCUT2D eigenvalue weighted by Crippen LogP contribution is -2.57. The van der Waals surface area contributed by atoms with E-state index in [9.17, 15) is 34.8 Å². The van der Waals surface area contributed by atoms with Crippen LogP contribution in [0.3, 0.4) is 0 Å². The third kappa shape index (κ3) is 6.81. The van der Waals surface area contributed by atoms with Crippen molar-refractivity contribution in [2.24, 2.45) is 0 Å². The maximum absolute atomic E-state index is 12.8. The Hall–Kier alpha value is -1.07. The van der Waals surface area contributed by atoms with Gasteiger partial charge in [0.15, 0.2) is 0 Å². The van der Waals surface area contributed by atoms with Crippen LogP contribution in [0.2, 0.25) is 0 Å². The lowest BCUT2D eigenvalue weighted by Gasteiger charge is -2.30. The lowest BCUT2D eigenvalue weighted by molar-refractivity contribution is -0.282. The molecule has 144 valence electrons. The summed E-state index contributed by atoms with van der Waals surface area (Å²) in [7, 11) is -6.63. The summed E-state index contributed by atoms with van der Waals surface area (Å²) in [5.74, 6) is -11.4. The Balaban J connectivity index is 0. The molecule has 4 nitrogen and oxygen atoms in total. The Kier molecular flexibility index (Phi) is 10.5. The molecule has 0 atom stereocenters. The van der Waals surface area contributed by atoms with Crippen molar-refractivity contribution in [1.29, 1.82) is 0 Å². The molecule has 0 aromatic carbocycles. The van der Waals surface area contributed by atoms with Gasteiger partial charge in [0.05, 0.1) is 0 Å². The molecule has 0 aliphatic rings. The van der Waals surface area contributed by atoms with Crippen molar-refractivity contribution in [2.45, 2.75) is 43.3 Å². The van der Waals surface area contributed by atoms with Crippen molar-refractivity contribution in [3.05, 3.63) is 25.3 Å². The van der Waals surface area contributed by atoms with Crippen molar-refractivity contribution in [3.8, 4) is 0 Å². The summed E-state index contributed by atoms with van der Waals surface area (Å²) in [5.41, 5.74) is 0. The third-order valence-electron chi connectivity index (χ3n) is 2.57. The monoisotopic (exact) mass is 385 g/mol. The maximum atomic E-state index is 12.8. The van der Waals surface area contributed by atoms with Gasteiger partial charge in [-0.25, -0.2) is 0 Å². The molecule has 0 saturated heterocycles. The molecule has 0 rings (SSSR count). The summed E-state index contributed by atoms with van der Waals surface area (Å²) in [4.78, 5) is 0. The van der Waals surface area contributed by atoms with Crippen molar-refractivity contribution in [1.82, 2.24) is 5.32 Å². The van der Waals surface area contributed by atoms with Gasteiger partial charge in [-0.1, -0.05) is 25.5 Å². The first-order chi connectivity index (χ1) is 10.7. The zero-order valence-electron chi connectivity index (χ0n) is 13.0. The summed E-state index contributed by atoms with van der Waals surface area (Å²) < 4.78 is 104. The van der Waals surface area contributed by atoms with Crippen LogP contribution in [0.25, 0.3) is 0 Å². The molecule has 0 aliphatic heterocycles. The van der Waals surface area contributed by atoms with Gasteiger partial charge in [0.2, 0.25) is 0 Å². The molecule has 0 unspecified atom stereocenters. The largest absolute Gasteiger partial charge is 0.437 e. The predicted molar refractivity (Wildman–Crippen MR) is 79.2 cm³/mol. The Morgan fingerprint density at radius 3 is 1.75 bits per heavy atom.